The smallest absolute Gasteiger partial charge is 0.352 e. The predicted molar refractivity (Wildman–Crippen MR) is 74.2 cm³/mol. The van der Waals surface area contributed by atoms with Crippen LogP contribution in [-0.2, 0) is 13.0 Å². The molecule has 4 nitrogen and oxygen atoms in total. The molecule has 0 saturated heterocycles. The van der Waals surface area contributed by atoms with E-state index < -0.39 is 5.97 Å². The Morgan fingerprint density at radius 2 is 2.16 bits per heavy atom. The van der Waals surface area contributed by atoms with Crippen LogP contribution in [0.5, 0.6) is 0 Å². The highest BCUT2D eigenvalue weighted by molar-refractivity contribution is 7.10. The standard InChI is InChI=1S/C14H15NO3S/c1-3-10-4-5-19-13(10)8-15-7-11(9(2)16)6-12(15)14(17)18/h4-7H,3,8H2,1-2H3,(H,17,18). The molecule has 0 bridgehead atoms. The minimum Gasteiger partial charge on any atom is -0.477 e. The van der Waals surface area contributed by atoms with Crippen molar-refractivity contribution >= 4 is 23.1 Å². The number of carboxylic acid groups (broad SMARTS) is 1. The Morgan fingerprint density at radius 1 is 1.42 bits per heavy atom. The molecule has 0 fully saturated rings. The number of aryl methyl sites for hydroxylation is 1. The quantitative estimate of drug-likeness (QED) is 0.854. The van der Waals surface area contributed by atoms with E-state index in [4.69, 9.17) is 0 Å². The van der Waals surface area contributed by atoms with Crippen LogP contribution in [0.15, 0.2) is 23.7 Å². The van der Waals surface area contributed by atoms with Gasteiger partial charge < -0.3 is 9.67 Å². The largest absolute Gasteiger partial charge is 0.477 e. The fourth-order valence-corrected chi connectivity index (χ4v) is 2.96. The summed E-state index contributed by atoms with van der Waals surface area (Å²) < 4.78 is 1.63. The lowest BCUT2D eigenvalue weighted by atomic mass is 10.2. The number of carbonyl (C=O) groups is 2. The molecule has 0 aliphatic heterocycles. The summed E-state index contributed by atoms with van der Waals surface area (Å²) in [5, 5.41) is 11.2. The lowest BCUT2D eigenvalue weighted by Gasteiger charge is -2.06. The van der Waals surface area contributed by atoms with Crippen LogP contribution in [0, 0.1) is 0 Å². The molecule has 0 atom stereocenters. The first kappa shape index (κ1) is 13.5. The zero-order chi connectivity index (χ0) is 14.0. The van der Waals surface area contributed by atoms with Gasteiger partial charge in [0.2, 0.25) is 0 Å². The van der Waals surface area contributed by atoms with Gasteiger partial charge in [-0.2, -0.15) is 0 Å². The minimum absolute atomic E-state index is 0.122. The van der Waals surface area contributed by atoms with Crippen molar-refractivity contribution in [2.24, 2.45) is 0 Å². The lowest BCUT2D eigenvalue weighted by molar-refractivity contribution is 0.0685. The van der Waals surface area contributed by atoms with Gasteiger partial charge in [0.15, 0.2) is 5.78 Å². The fourth-order valence-electron chi connectivity index (χ4n) is 1.99. The number of rotatable bonds is 5. The van der Waals surface area contributed by atoms with Gasteiger partial charge in [0.25, 0.3) is 0 Å². The number of carboxylic acids is 1. The van der Waals surface area contributed by atoms with Crippen molar-refractivity contribution in [1.29, 1.82) is 0 Å². The van der Waals surface area contributed by atoms with Gasteiger partial charge in [-0.15, -0.1) is 11.3 Å². The predicted octanol–water partition coefficient (Wildman–Crippen LogP) is 3.06. The SMILES string of the molecule is CCc1ccsc1Cn1cc(C(C)=O)cc1C(=O)O. The van der Waals surface area contributed by atoms with E-state index in [-0.39, 0.29) is 11.5 Å². The molecule has 2 rings (SSSR count). The molecule has 2 heterocycles. The highest BCUT2D eigenvalue weighted by Gasteiger charge is 2.16. The van der Waals surface area contributed by atoms with Crippen molar-refractivity contribution in [1.82, 2.24) is 4.57 Å². The molecule has 0 saturated carbocycles. The van der Waals surface area contributed by atoms with E-state index in [0.29, 0.717) is 12.1 Å². The average Bonchev–Trinajstić information content (AvgIpc) is 2.95. The van der Waals surface area contributed by atoms with Crippen LogP contribution in [0.2, 0.25) is 0 Å². The van der Waals surface area contributed by atoms with Gasteiger partial charge in [0.05, 0.1) is 6.54 Å². The minimum atomic E-state index is -1.01. The second kappa shape index (κ2) is 5.40. The third-order valence-electron chi connectivity index (χ3n) is 3.05. The molecular weight excluding hydrogens is 262 g/mol. The second-order valence-corrected chi connectivity index (χ2v) is 5.33. The maximum Gasteiger partial charge on any atom is 0.352 e. The summed E-state index contributed by atoms with van der Waals surface area (Å²) >= 11 is 1.61. The summed E-state index contributed by atoms with van der Waals surface area (Å²) in [4.78, 5) is 23.7. The number of aromatic carboxylic acids is 1. The molecular formula is C14H15NO3S. The van der Waals surface area contributed by atoms with Gasteiger partial charge >= 0.3 is 5.97 Å². The monoisotopic (exact) mass is 277 g/mol. The van der Waals surface area contributed by atoms with E-state index >= 15 is 0 Å². The van der Waals surface area contributed by atoms with Crippen LogP contribution >= 0.6 is 11.3 Å². The van der Waals surface area contributed by atoms with E-state index in [2.05, 4.69) is 13.0 Å². The van der Waals surface area contributed by atoms with Gasteiger partial charge in [-0.3, -0.25) is 4.79 Å². The fraction of sp³-hybridized carbons (Fsp3) is 0.286. The zero-order valence-electron chi connectivity index (χ0n) is 10.8. The molecule has 2 aromatic rings. The van der Waals surface area contributed by atoms with Crippen LogP contribution in [0.1, 0.15) is 45.1 Å². The topological polar surface area (TPSA) is 59.3 Å². The molecule has 0 spiro atoms. The highest BCUT2D eigenvalue weighted by atomic mass is 32.1. The molecule has 0 radical (unpaired) electrons. The summed E-state index contributed by atoms with van der Waals surface area (Å²) in [6, 6.07) is 3.49. The molecule has 0 aliphatic rings. The summed E-state index contributed by atoms with van der Waals surface area (Å²) in [6.07, 6.45) is 2.53. The van der Waals surface area contributed by atoms with Crippen LogP contribution in [0.25, 0.3) is 0 Å². The van der Waals surface area contributed by atoms with Crippen molar-refractivity contribution in [2.45, 2.75) is 26.8 Å². The van der Waals surface area contributed by atoms with Crippen molar-refractivity contribution in [2.75, 3.05) is 0 Å². The molecule has 5 heteroatoms. The third-order valence-corrected chi connectivity index (χ3v) is 4.00. The lowest BCUT2D eigenvalue weighted by Crippen LogP contribution is -2.08. The number of hydrogen-bond acceptors (Lipinski definition) is 3. The molecule has 0 aliphatic carbocycles. The Balaban J connectivity index is 2.38. The number of hydrogen-bond donors (Lipinski definition) is 1. The molecule has 0 unspecified atom stereocenters. The van der Waals surface area contributed by atoms with E-state index in [1.165, 1.54) is 18.6 Å². The van der Waals surface area contributed by atoms with Gasteiger partial charge in [-0.05, 0) is 36.4 Å². The molecule has 2 aromatic heterocycles. The normalized spacial score (nSPS) is 10.6. The van der Waals surface area contributed by atoms with Crippen LogP contribution in [0.4, 0.5) is 0 Å². The first-order valence-corrected chi connectivity index (χ1v) is 6.90. The summed E-state index contributed by atoms with van der Waals surface area (Å²) in [7, 11) is 0. The molecule has 100 valence electrons. The Labute approximate surface area is 115 Å². The van der Waals surface area contributed by atoms with Gasteiger partial charge in [0.1, 0.15) is 5.69 Å². The van der Waals surface area contributed by atoms with E-state index in [1.807, 2.05) is 5.38 Å². The Morgan fingerprint density at radius 3 is 2.74 bits per heavy atom. The number of nitrogens with zero attached hydrogens (tertiary/aromatic N) is 1. The highest BCUT2D eigenvalue weighted by Crippen LogP contribution is 2.21. The zero-order valence-corrected chi connectivity index (χ0v) is 11.7. The van der Waals surface area contributed by atoms with E-state index in [0.717, 1.165) is 11.3 Å². The second-order valence-electron chi connectivity index (χ2n) is 4.33. The number of thiophene rings is 1. The van der Waals surface area contributed by atoms with Crippen molar-refractivity contribution < 1.29 is 14.7 Å². The van der Waals surface area contributed by atoms with Gasteiger partial charge in [0, 0.05) is 16.6 Å². The number of Topliss-reactive ketones (excluding diaryl/α,β-unsaturated/α-hetero) is 1. The number of carbonyl (C=O) groups excluding carboxylic acids is 1. The van der Waals surface area contributed by atoms with E-state index in [1.54, 1.807) is 22.1 Å². The number of ketones is 1. The van der Waals surface area contributed by atoms with Crippen molar-refractivity contribution in [3.05, 3.63) is 45.4 Å². The first-order chi connectivity index (χ1) is 9.02. The molecule has 19 heavy (non-hydrogen) atoms. The first-order valence-electron chi connectivity index (χ1n) is 6.02. The maximum absolute atomic E-state index is 11.4. The average molecular weight is 277 g/mol. The third kappa shape index (κ3) is 2.76. The Bertz CT molecular complexity index is 624. The van der Waals surface area contributed by atoms with Crippen LogP contribution < -0.4 is 0 Å². The van der Waals surface area contributed by atoms with Crippen molar-refractivity contribution in [3.8, 4) is 0 Å². The number of aromatic nitrogens is 1. The molecule has 1 N–H and O–H groups in total. The Kier molecular flexibility index (Phi) is 3.85. The van der Waals surface area contributed by atoms with E-state index in [9.17, 15) is 14.7 Å². The van der Waals surface area contributed by atoms with Crippen LogP contribution in [-0.4, -0.2) is 21.4 Å². The molecule has 0 amide bonds. The van der Waals surface area contributed by atoms with Crippen molar-refractivity contribution in [3.63, 3.8) is 0 Å². The summed E-state index contributed by atoms with van der Waals surface area (Å²) in [5.41, 5.74) is 1.81. The maximum atomic E-state index is 11.4. The van der Waals surface area contributed by atoms with Crippen LogP contribution in [0.3, 0.4) is 0 Å². The summed E-state index contributed by atoms with van der Waals surface area (Å²) in [6.45, 7) is 4.00. The van der Waals surface area contributed by atoms with Gasteiger partial charge in [-0.25, -0.2) is 4.79 Å². The van der Waals surface area contributed by atoms with Gasteiger partial charge in [-0.1, -0.05) is 6.92 Å². The summed E-state index contributed by atoms with van der Waals surface area (Å²) in [5.74, 6) is -1.13. The molecule has 0 aromatic carbocycles. The Hall–Kier alpha value is -1.88.